The lowest BCUT2D eigenvalue weighted by Gasteiger charge is -2.05. The van der Waals surface area contributed by atoms with Crippen molar-refractivity contribution in [3.05, 3.63) is 35.4 Å². The number of benzene rings is 1. The van der Waals surface area contributed by atoms with E-state index < -0.39 is 0 Å². The van der Waals surface area contributed by atoms with Gasteiger partial charge in [-0.25, -0.2) is 9.36 Å². The molecule has 10 heteroatoms. The lowest BCUT2D eigenvalue weighted by atomic mass is 10.2. The maximum atomic E-state index is 4.14. The number of tetrazole rings is 2. The highest BCUT2D eigenvalue weighted by Gasteiger charge is 2.28. The Hall–Kier alpha value is -1.94. The Balaban J connectivity index is 1.16. The second kappa shape index (κ2) is 6.99. The van der Waals surface area contributed by atoms with Gasteiger partial charge in [0.15, 0.2) is 0 Å². The molecule has 0 atom stereocenters. The Morgan fingerprint density at radius 1 is 0.731 bits per heavy atom. The van der Waals surface area contributed by atoms with E-state index in [-0.39, 0.29) is 0 Å². The summed E-state index contributed by atoms with van der Waals surface area (Å²) in [5.41, 5.74) is 2.55. The Labute approximate surface area is 159 Å². The van der Waals surface area contributed by atoms with Crippen molar-refractivity contribution in [2.24, 2.45) is 0 Å². The lowest BCUT2D eigenvalue weighted by Crippen LogP contribution is -1.99. The van der Waals surface area contributed by atoms with E-state index in [1.807, 2.05) is 9.36 Å². The first-order chi connectivity index (χ1) is 12.9. The summed E-state index contributed by atoms with van der Waals surface area (Å²) in [4.78, 5) is 0. The molecule has 2 aromatic heterocycles. The average Bonchev–Trinajstić information content (AvgIpc) is 3.61. The van der Waals surface area contributed by atoms with E-state index in [0.717, 1.165) is 21.8 Å². The Bertz CT molecular complexity index is 809. The van der Waals surface area contributed by atoms with E-state index in [0.29, 0.717) is 12.1 Å². The van der Waals surface area contributed by atoms with Crippen LogP contribution in [0.2, 0.25) is 0 Å². The van der Waals surface area contributed by atoms with Crippen molar-refractivity contribution in [1.82, 2.24) is 40.4 Å². The lowest BCUT2D eigenvalue weighted by molar-refractivity contribution is 0.565. The summed E-state index contributed by atoms with van der Waals surface area (Å²) < 4.78 is 3.92. The molecule has 0 bridgehead atoms. The van der Waals surface area contributed by atoms with Gasteiger partial charge >= 0.3 is 0 Å². The van der Waals surface area contributed by atoms with Crippen LogP contribution in [0.25, 0.3) is 0 Å². The van der Waals surface area contributed by atoms with Crippen molar-refractivity contribution >= 4 is 23.5 Å². The Kier molecular flexibility index (Phi) is 4.37. The molecule has 0 saturated heterocycles. The van der Waals surface area contributed by atoms with Gasteiger partial charge in [0.25, 0.3) is 0 Å². The van der Waals surface area contributed by atoms with Crippen molar-refractivity contribution in [1.29, 1.82) is 0 Å². The van der Waals surface area contributed by atoms with E-state index in [9.17, 15) is 0 Å². The fourth-order valence-electron chi connectivity index (χ4n) is 2.68. The SMILES string of the molecule is c1cc(CSc2nnnn2C2CC2)ccc1CSc1nnnn1C1CC1. The molecule has 2 aliphatic carbocycles. The zero-order chi connectivity index (χ0) is 17.3. The van der Waals surface area contributed by atoms with Crippen molar-refractivity contribution in [2.75, 3.05) is 0 Å². The smallest absolute Gasteiger partial charge is 0.209 e. The van der Waals surface area contributed by atoms with Crippen molar-refractivity contribution < 1.29 is 0 Å². The molecule has 2 aliphatic rings. The molecule has 3 aromatic rings. The van der Waals surface area contributed by atoms with Crippen molar-refractivity contribution in [2.45, 2.75) is 59.6 Å². The first-order valence-electron chi connectivity index (χ1n) is 8.76. The van der Waals surface area contributed by atoms with Gasteiger partial charge in [-0.2, -0.15) is 0 Å². The van der Waals surface area contributed by atoms with Crippen molar-refractivity contribution in [3.8, 4) is 0 Å². The summed E-state index contributed by atoms with van der Waals surface area (Å²) in [6.07, 6.45) is 4.76. The van der Waals surface area contributed by atoms with Gasteiger partial charge in [0.1, 0.15) is 0 Å². The van der Waals surface area contributed by atoms with Crippen LogP contribution in [0, 0.1) is 0 Å². The van der Waals surface area contributed by atoms with E-state index in [1.165, 1.54) is 36.8 Å². The molecule has 0 spiro atoms. The first-order valence-corrected chi connectivity index (χ1v) is 10.7. The second-order valence-corrected chi connectivity index (χ2v) is 8.55. The minimum Gasteiger partial charge on any atom is -0.217 e. The fraction of sp³-hybridized carbons (Fsp3) is 0.500. The highest BCUT2D eigenvalue weighted by atomic mass is 32.2. The van der Waals surface area contributed by atoms with Gasteiger partial charge in [0, 0.05) is 11.5 Å². The van der Waals surface area contributed by atoms with Crippen LogP contribution in [0.3, 0.4) is 0 Å². The summed E-state index contributed by atoms with van der Waals surface area (Å²) in [7, 11) is 0. The van der Waals surface area contributed by atoms with Crippen LogP contribution in [0.5, 0.6) is 0 Å². The molecule has 0 amide bonds. The number of rotatable bonds is 8. The van der Waals surface area contributed by atoms with Gasteiger partial charge in [0.2, 0.25) is 10.3 Å². The quantitative estimate of drug-likeness (QED) is 0.546. The summed E-state index contributed by atoms with van der Waals surface area (Å²) >= 11 is 3.39. The van der Waals surface area contributed by atoms with Gasteiger partial charge < -0.3 is 0 Å². The highest BCUT2D eigenvalue weighted by Crippen LogP contribution is 2.37. The molecule has 2 saturated carbocycles. The van der Waals surface area contributed by atoms with Gasteiger partial charge in [0.05, 0.1) is 12.1 Å². The standard InChI is InChI=1S/C16H18N8S2/c1-2-12(10-26-16-18-20-22-24(16)14-7-8-14)4-3-11(1)9-25-15-17-19-21-23(15)13-5-6-13/h1-4,13-14H,5-10H2. The molecule has 26 heavy (non-hydrogen) atoms. The molecule has 2 heterocycles. The molecule has 0 aliphatic heterocycles. The molecule has 5 rings (SSSR count). The summed E-state index contributed by atoms with van der Waals surface area (Å²) in [5.74, 6) is 1.75. The number of aromatic nitrogens is 8. The fourth-order valence-corrected chi connectivity index (χ4v) is 4.49. The minimum atomic E-state index is 0.513. The van der Waals surface area contributed by atoms with Crippen LogP contribution in [-0.2, 0) is 11.5 Å². The topological polar surface area (TPSA) is 87.2 Å². The van der Waals surface area contributed by atoms with Gasteiger partial charge in [-0.15, -0.1) is 10.2 Å². The zero-order valence-electron chi connectivity index (χ0n) is 14.1. The second-order valence-electron chi connectivity index (χ2n) is 6.67. The highest BCUT2D eigenvalue weighted by molar-refractivity contribution is 7.98. The molecule has 134 valence electrons. The van der Waals surface area contributed by atoms with Crippen LogP contribution in [0.4, 0.5) is 0 Å². The Morgan fingerprint density at radius 3 is 1.54 bits per heavy atom. The Morgan fingerprint density at radius 2 is 1.15 bits per heavy atom. The van der Waals surface area contributed by atoms with Gasteiger partial charge in [-0.3, -0.25) is 0 Å². The molecule has 0 unspecified atom stereocenters. The normalized spacial score (nSPS) is 16.9. The van der Waals surface area contributed by atoms with Gasteiger partial charge in [-0.1, -0.05) is 47.8 Å². The summed E-state index contributed by atoms with van der Waals surface area (Å²) in [6, 6.07) is 9.74. The molecule has 0 radical (unpaired) electrons. The predicted molar refractivity (Wildman–Crippen MR) is 97.7 cm³/mol. The number of hydrogen-bond acceptors (Lipinski definition) is 8. The molecular formula is C16H18N8S2. The van der Waals surface area contributed by atoms with Crippen LogP contribution in [-0.4, -0.2) is 40.4 Å². The van der Waals surface area contributed by atoms with Crippen LogP contribution >= 0.6 is 23.5 Å². The van der Waals surface area contributed by atoms with E-state index in [2.05, 4.69) is 55.3 Å². The molecule has 1 aromatic carbocycles. The number of nitrogens with zero attached hydrogens (tertiary/aromatic N) is 8. The predicted octanol–water partition coefficient (Wildman–Crippen LogP) is 2.91. The van der Waals surface area contributed by atoms with E-state index in [1.54, 1.807) is 23.5 Å². The average molecular weight is 387 g/mol. The first kappa shape index (κ1) is 16.2. The number of thioether (sulfide) groups is 2. The van der Waals surface area contributed by atoms with Crippen LogP contribution in [0.15, 0.2) is 34.6 Å². The molecule has 2 fully saturated rings. The zero-order valence-corrected chi connectivity index (χ0v) is 15.7. The summed E-state index contributed by atoms with van der Waals surface area (Å²) in [6.45, 7) is 0. The largest absolute Gasteiger partial charge is 0.217 e. The third-order valence-electron chi connectivity index (χ3n) is 4.47. The van der Waals surface area contributed by atoms with Crippen molar-refractivity contribution in [3.63, 3.8) is 0 Å². The van der Waals surface area contributed by atoms with E-state index in [4.69, 9.17) is 0 Å². The van der Waals surface area contributed by atoms with Crippen LogP contribution < -0.4 is 0 Å². The maximum absolute atomic E-state index is 4.14. The maximum Gasteiger partial charge on any atom is 0.209 e. The van der Waals surface area contributed by atoms with E-state index >= 15 is 0 Å². The molecule has 8 nitrogen and oxygen atoms in total. The monoisotopic (exact) mass is 386 g/mol. The molecular weight excluding hydrogens is 368 g/mol. The third kappa shape index (κ3) is 3.61. The van der Waals surface area contributed by atoms with Gasteiger partial charge in [-0.05, 0) is 57.7 Å². The molecule has 0 N–H and O–H groups in total. The number of hydrogen-bond donors (Lipinski definition) is 0. The van der Waals surface area contributed by atoms with Crippen LogP contribution in [0.1, 0.15) is 48.9 Å². The minimum absolute atomic E-state index is 0.513. The third-order valence-corrected chi connectivity index (χ3v) is 6.48. The summed E-state index contributed by atoms with van der Waals surface area (Å²) in [5, 5.41) is 25.9.